The van der Waals surface area contributed by atoms with Gasteiger partial charge in [0.15, 0.2) is 5.43 Å². The molecule has 24 heavy (non-hydrogen) atoms. The topological polar surface area (TPSA) is 51.1 Å². The summed E-state index contributed by atoms with van der Waals surface area (Å²) in [5.41, 5.74) is 2.91. The van der Waals surface area contributed by atoms with Crippen LogP contribution in [-0.2, 0) is 6.54 Å². The molecular formula is C19H23ClN2O2. The summed E-state index contributed by atoms with van der Waals surface area (Å²) in [5.74, 6) is -0.395. The van der Waals surface area contributed by atoms with E-state index in [9.17, 15) is 9.59 Å². The van der Waals surface area contributed by atoms with Gasteiger partial charge in [-0.3, -0.25) is 9.59 Å². The summed E-state index contributed by atoms with van der Waals surface area (Å²) in [6.07, 6.45) is 2.05. The minimum absolute atomic E-state index is 0.191. The van der Waals surface area contributed by atoms with Crippen LogP contribution in [0.25, 0.3) is 0 Å². The quantitative estimate of drug-likeness (QED) is 0.867. The van der Waals surface area contributed by atoms with E-state index in [2.05, 4.69) is 12.2 Å². The number of amides is 1. The van der Waals surface area contributed by atoms with Gasteiger partial charge in [0.25, 0.3) is 5.91 Å². The standard InChI is InChI=1S/C19H23ClN2O2/c1-5-6-10-22-12(2)11-17(23)18(14(22)4)19(24)21-16-9-7-8-15(20)13(16)3/h7-9,11H,5-6,10H2,1-4H3,(H,21,24). The lowest BCUT2D eigenvalue weighted by atomic mass is 10.1. The molecule has 1 aromatic heterocycles. The number of aromatic nitrogens is 1. The molecule has 0 atom stereocenters. The summed E-state index contributed by atoms with van der Waals surface area (Å²) in [4.78, 5) is 25.1. The van der Waals surface area contributed by atoms with E-state index in [1.54, 1.807) is 18.2 Å². The maximum atomic E-state index is 12.7. The summed E-state index contributed by atoms with van der Waals surface area (Å²) < 4.78 is 2.03. The van der Waals surface area contributed by atoms with Gasteiger partial charge in [0.05, 0.1) is 0 Å². The molecule has 0 bridgehead atoms. The van der Waals surface area contributed by atoms with Gasteiger partial charge in [0.1, 0.15) is 5.56 Å². The lowest BCUT2D eigenvalue weighted by Gasteiger charge is -2.17. The Balaban J connectivity index is 2.42. The van der Waals surface area contributed by atoms with Crippen molar-refractivity contribution in [3.8, 4) is 0 Å². The second kappa shape index (κ2) is 7.67. The van der Waals surface area contributed by atoms with Crippen molar-refractivity contribution in [3.05, 3.63) is 62.0 Å². The summed E-state index contributed by atoms with van der Waals surface area (Å²) in [7, 11) is 0. The van der Waals surface area contributed by atoms with Gasteiger partial charge < -0.3 is 9.88 Å². The van der Waals surface area contributed by atoms with Crippen molar-refractivity contribution in [2.24, 2.45) is 0 Å². The number of carbonyl (C=O) groups excluding carboxylic acids is 1. The first-order chi connectivity index (χ1) is 11.4. The molecule has 1 heterocycles. The van der Waals surface area contributed by atoms with Gasteiger partial charge in [0.2, 0.25) is 0 Å². The Morgan fingerprint density at radius 3 is 2.62 bits per heavy atom. The maximum absolute atomic E-state index is 12.7. The van der Waals surface area contributed by atoms with Crippen LogP contribution in [0.3, 0.4) is 0 Å². The van der Waals surface area contributed by atoms with Crippen molar-refractivity contribution in [2.75, 3.05) is 5.32 Å². The molecule has 0 radical (unpaired) electrons. The van der Waals surface area contributed by atoms with E-state index in [1.165, 1.54) is 6.07 Å². The highest BCUT2D eigenvalue weighted by atomic mass is 35.5. The normalized spacial score (nSPS) is 10.7. The molecule has 128 valence electrons. The molecule has 2 aromatic rings. The van der Waals surface area contributed by atoms with Crippen molar-refractivity contribution in [1.29, 1.82) is 0 Å². The average molecular weight is 347 g/mol. The van der Waals surface area contributed by atoms with Crippen LogP contribution >= 0.6 is 11.6 Å². The molecule has 0 spiro atoms. The molecule has 5 heteroatoms. The van der Waals surface area contributed by atoms with Gasteiger partial charge >= 0.3 is 0 Å². The molecule has 2 rings (SSSR count). The fourth-order valence-electron chi connectivity index (χ4n) is 2.78. The first-order valence-corrected chi connectivity index (χ1v) is 8.52. The van der Waals surface area contributed by atoms with Crippen LogP contribution < -0.4 is 10.7 Å². The van der Waals surface area contributed by atoms with Gasteiger partial charge in [-0.2, -0.15) is 0 Å². The number of hydrogen-bond acceptors (Lipinski definition) is 2. The third kappa shape index (κ3) is 3.70. The lowest BCUT2D eigenvalue weighted by molar-refractivity contribution is 0.102. The number of carbonyl (C=O) groups is 1. The number of benzene rings is 1. The van der Waals surface area contributed by atoms with Crippen LogP contribution in [-0.4, -0.2) is 10.5 Å². The van der Waals surface area contributed by atoms with Crippen molar-refractivity contribution < 1.29 is 4.79 Å². The Bertz CT molecular complexity index is 825. The zero-order valence-corrected chi connectivity index (χ0v) is 15.3. The molecule has 1 aromatic carbocycles. The predicted molar refractivity (Wildman–Crippen MR) is 99.2 cm³/mol. The molecule has 0 unspecified atom stereocenters. The largest absolute Gasteiger partial charge is 0.348 e. The smallest absolute Gasteiger partial charge is 0.261 e. The Morgan fingerprint density at radius 2 is 1.96 bits per heavy atom. The second-order valence-electron chi connectivity index (χ2n) is 5.98. The molecule has 0 saturated heterocycles. The van der Waals surface area contributed by atoms with Gasteiger partial charge in [0, 0.05) is 34.7 Å². The summed E-state index contributed by atoms with van der Waals surface area (Å²) in [6.45, 7) is 8.46. The fraction of sp³-hybridized carbons (Fsp3) is 0.368. The number of aryl methyl sites for hydroxylation is 1. The third-order valence-corrected chi connectivity index (χ3v) is 4.67. The SMILES string of the molecule is CCCCn1c(C)cc(=O)c(C(=O)Nc2cccc(Cl)c2C)c1C. The number of nitrogens with zero attached hydrogens (tertiary/aromatic N) is 1. The van der Waals surface area contributed by atoms with E-state index in [1.807, 2.05) is 25.3 Å². The van der Waals surface area contributed by atoms with Crippen molar-refractivity contribution in [2.45, 2.75) is 47.1 Å². The molecule has 0 saturated carbocycles. The van der Waals surface area contributed by atoms with Gasteiger partial charge in [-0.15, -0.1) is 0 Å². The summed E-state index contributed by atoms with van der Waals surface area (Å²) >= 11 is 6.09. The van der Waals surface area contributed by atoms with E-state index in [0.29, 0.717) is 16.4 Å². The molecule has 0 fully saturated rings. The summed E-state index contributed by atoms with van der Waals surface area (Å²) in [6, 6.07) is 6.84. The highest BCUT2D eigenvalue weighted by Crippen LogP contribution is 2.23. The number of nitrogens with one attached hydrogen (secondary N) is 1. The molecule has 1 N–H and O–H groups in total. The van der Waals surface area contributed by atoms with E-state index >= 15 is 0 Å². The highest BCUT2D eigenvalue weighted by Gasteiger charge is 2.18. The Hall–Kier alpha value is -2.07. The first kappa shape index (κ1) is 18.3. The fourth-order valence-corrected chi connectivity index (χ4v) is 2.96. The molecule has 4 nitrogen and oxygen atoms in total. The molecule has 0 aliphatic carbocycles. The predicted octanol–water partition coefficient (Wildman–Crippen LogP) is 4.48. The Labute approximate surface area is 147 Å². The number of unbranched alkanes of at least 4 members (excludes halogenated alkanes) is 1. The van der Waals surface area contributed by atoms with Crippen LogP contribution in [0.1, 0.15) is 47.1 Å². The van der Waals surface area contributed by atoms with E-state index in [-0.39, 0.29) is 11.0 Å². The molecule has 0 aliphatic rings. The van der Waals surface area contributed by atoms with Gasteiger partial charge in [-0.05, 0) is 44.9 Å². The van der Waals surface area contributed by atoms with Crippen LogP contribution in [0.2, 0.25) is 5.02 Å². The number of hydrogen-bond donors (Lipinski definition) is 1. The maximum Gasteiger partial charge on any atom is 0.261 e. The lowest BCUT2D eigenvalue weighted by Crippen LogP contribution is -2.27. The van der Waals surface area contributed by atoms with E-state index < -0.39 is 5.91 Å². The minimum Gasteiger partial charge on any atom is -0.348 e. The first-order valence-electron chi connectivity index (χ1n) is 8.14. The zero-order chi connectivity index (χ0) is 17.9. The minimum atomic E-state index is -0.395. The third-order valence-electron chi connectivity index (χ3n) is 4.26. The number of halogens is 1. The van der Waals surface area contributed by atoms with Crippen LogP contribution in [0.4, 0.5) is 5.69 Å². The summed E-state index contributed by atoms with van der Waals surface area (Å²) in [5, 5.41) is 3.39. The number of rotatable bonds is 5. The zero-order valence-electron chi connectivity index (χ0n) is 14.6. The molecule has 0 aliphatic heterocycles. The van der Waals surface area contributed by atoms with Crippen LogP contribution in [0, 0.1) is 20.8 Å². The van der Waals surface area contributed by atoms with Crippen LogP contribution in [0.15, 0.2) is 29.1 Å². The van der Waals surface area contributed by atoms with Crippen molar-refractivity contribution in [1.82, 2.24) is 4.57 Å². The Kier molecular flexibility index (Phi) is 5.84. The van der Waals surface area contributed by atoms with Crippen LogP contribution in [0.5, 0.6) is 0 Å². The van der Waals surface area contributed by atoms with E-state index in [4.69, 9.17) is 11.6 Å². The van der Waals surface area contributed by atoms with Crippen molar-refractivity contribution in [3.63, 3.8) is 0 Å². The van der Waals surface area contributed by atoms with Crippen molar-refractivity contribution >= 4 is 23.2 Å². The molecule has 1 amide bonds. The number of pyridine rings is 1. The molecular weight excluding hydrogens is 324 g/mol. The number of anilines is 1. The Morgan fingerprint density at radius 1 is 1.25 bits per heavy atom. The second-order valence-corrected chi connectivity index (χ2v) is 6.39. The van der Waals surface area contributed by atoms with E-state index in [0.717, 1.165) is 30.6 Å². The highest BCUT2D eigenvalue weighted by molar-refractivity contribution is 6.31. The van der Waals surface area contributed by atoms with Gasteiger partial charge in [-0.1, -0.05) is 31.0 Å². The monoisotopic (exact) mass is 346 g/mol. The van der Waals surface area contributed by atoms with Gasteiger partial charge in [-0.25, -0.2) is 0 Å². The average Bonchev–Trinajstić information content (AvgIpc) is 2.51.